The highest BCUT2D eigenvalue weighted by molar-refractivity contribution is 7.13. The quantitative estimate of drug-likeness (QED) is 0.874. The summed E-state index contributed by atoms with van der Waals surface area (Å²) in [6.45, 7) is 6.41. The van der Waals surface area contributed by atoms with Crippen LogP contribution in [-0.4, -0.2) is 18.5 Å². The molecule has 0 aliphatic carbocycles. The molecule has 0 aliphatic heterocycles. The molecular weight excluding hydrogens is 244 g/mol. The summed E-state index contributed by atoms with van der Waals surface area (Å²) in [5.74, 6) is 0.208. The second-order valence-corrected chi connectivity index (χ2v) is 5.44. The van der Waals surface area contributed by atoms with Crippen LogP contribution in [0.3, 0.4) is 0 Å². The van der Waals surface area contributed by atoms with Gasteiger partial charge in [0.05, 0.1) is 5.02 Å². The fourth-order valence-electron chi connectivity index (χ4n) is 1.11. The Morgan fingerprint density at radius 2 is 2.25 bits per heavy atom. The first-order valence-corrected chi connectivity index (χ1v) is 6.46. The monoisotopic (exact) mass is 260 g/mol. The molecule has 16 heavy (non-hydrogen) atoms. The van der Waals surface area contributed by atoms with Crippen LogP contribution in [0.5, 0.6) is 0 Å². The molecule has 0 fully saturated rings. The van der Waals surface area contributed by atoms with E-state index in [0.29, 0.717) is 22.4 Å². The Hall–Kier alpha value is -0.580. The molecule has 0 aromatic carbocycles. The second kappa shape index (κ2) is 5.66. The minimum atomic E-state index is -0.140. The molecule has 0 saturated carbocycles. The van der Waals surface area contributed by atoms with Crippen LogP contribution in [0.4, 0.5) is 0 Å². The summed E-state index contributed by atoms with van der Waals surface area (Å²) in [4.78, 5) is 12.3. The van der Waals surface area contributed by atoms with Crippen LogP contribution in [-0.2, 0) is 0 Å². The highest BCUT2D eigenvalue weighted by Crippen LogP contribution is 2.26. The number of halogens is 1. The zero-order chi connectivity index (χ0) is 12.3. The SMILES string of the molecule is Cc1csc(C(=O)NCC(N)C(C)C)c1Cl. The van der Waals surface area contributed by atoms with E-state index in [2.05, 4.69) is 5.32 Å². The van der Waals surface area contributed by atoms with Gasteiger partial charge in [0.15, 0.2) is 0 Å². The number of rotatable bonds is 4. The number of nitrogens with one attached hydrogen (secondary N) is 1. The van der Waals surface area contributed by atoms with E-state index in [-0.39, 0.29) is 11.9 Å². The molecule has 1 unspecified atom stereocenters. The Morgan fingerprint density at radius 3 is 2.69 bits per heavy atom. The minimum Gasteiger partial charge on any atom is -0.350 e. The van der Waals surface area contributed by atoms with Crippen LogP contribution in [0.25, 0.3) is 0 Å². The summed E-state index contributed by atoms with van der Waals surface area (Å²) in [5.41, 5.74) is 6.78. The van der Waals surface area contributed by atoms with Crippen molar-refractivity contribution in [1.29, 1.82) is 0 Å². The molecule has 3 N–H and O–H groups in total. The van der Waals surface area contributed by atoms with Gasteiger partial charge in [-0.25, -0.2) is 0 Å². The molecule has 3 nitrogen and oxygen atoms in total. The Kier molecular flexibility index (Phi) is 4.77. The van der Waals surface area contributed by atoms with Gasteiger partial charge in [-0.1, -0.05) is 25.4 Å². The van der Waals surface area contributed by atoms with E-state index in [9.17, 15) is 4.79 Å². The van der Waals surface area contributed by atoms with E-state index in [1.54, 1.807) is 0 Å². The Balaban J connectivity index is 2.57. The fraction of sp³-hybridized carbons (Fsp3) is 0.545. The van der Waals surface area contributed by atoms with Gasteiger partial charge < -0.3 is 11.1 Å². The van der Waals surface area contributed by atoms with Gasteiger partial charge >= 0.3 is 0 Å². The van der Waals surface area contributed by atoms with Crippen molar-refractivity contribution in [3.63, 3.8) is 0 Å². The van der Waals surface area contributed by atoms with E-state index >= 15 is 0 Å². The molecule has 5 heteroatoms. The third-order valence-corrected chi connectivity index (χ3v) is 4.16. The smallest absolute Gasteiger partial charge is 0.262 e. The van der Waals surface area contributed by atoms with E-state index in [4.69, 9.17) is 17.3 Å². The summed E-state index contributed by atoms with van der Waals surface area (Å²) in [7, 11) is 0. The number of aryl methyl sites for hydroxylation is 1. The van der Waals surface area contributed by atoms with Gasteiger partial charge in [0.1, 0.15) is 4.88 Å². The normalized spacial score (nSPS) is 12.9. The van der Waals surface area contributed by atoms with E-state index in [1.807, 2.05) is 26.2 Å². The zero-order valence-corrected chi connectivity index (χ0v) is 11.3. The van der Waals surface area contributed by atoms with Crippen molar-refractivity contribution >= 4 is 28.8 Å². The molecular formula is C11H17ClN2OS. The summed E-state index contributed by atoms with van der Waals surface area (Å²) >= 11 is 7.36. The third kappa shape index (κ3) is 3.20. The van der Waals surface area contributed by atoms with Crippen LogP contribution in [0.1, 0.15) is 29.1 Å². The van der Waals surface area contributed by atoms with Gasteiger partial charge in [-0.05, 0) is 23.8 Å². The molecule has 1 rings (SSSR count). The number of amides is 1. The zero-order valence-electron chi connectivity index (χ0n) is 9.71. The largest absolute Gasteiger partial charge is 0.350 e. The van der Waals surface area contributed by atoms with Crippen molar-refractivity contribution in [1.82, 2.24) is 5.32 Å². The second-order valence-electron chi connectivity index (χ2n) is 4.18. The standard InChI is InChI=1S/C11H17ClN2OS/c1-6(2)8(13)4-14-11(15)10-9(12)7(3)5-16-10/h5-6,8H,4,13H2,1-3H3,(H,14,15). The third-order valence-electron chi connectivity index (χ3n) is 2.46. The molecule has 0 spiro atoms. The maximum absolute atomic E-state index is 11.8. The lowest BCUT2D eigenvalue weighted by molar-refractivity contribution is 0.0953. The molecule has 1 heterocycles. The van der Waals surface area contributed by atoms with Gasteiger partial charge in [0.2, 0.25) is 0 Å². The number of hydrogen-bond donors (Lipinski definition) is 2. The minimum absolute atomic E-state index is 0.0243. The molecule has 90 valence electrons. The van der Waals surface area contributed by atoms with Crippen molar-refractivity contribution in [2.75, 3.05) is 6.54 Å². The van der Waals surface area contributed by atoms with Gasteiger partial charge in [-0.2, -0.15) is 0 Å². The molecule has 0 bridgehead atoms. The van der Waals surface area contributed by atoms with Crippen LogP contribution in [0.2, 0.25) is 5.02 Å². The average molecular weight is 261 g/mol. The lowest BCUT2D eigenvalue weighted by Gasteiger charge is -2.15. The first-order valence-electron chi connectivity index (χ1n) is 5.20. The summed E-state index contributed by atoms with van der Waals surface area (Å²) in [6.07, 6.45) is 0. The van der Waals surface area contributed by atoms with Gasteiger partial charge in [-0.15, -0.1) is 11.3 Å². The summed E-state index contributed by atoms with van der Waals surface area (Å²) < 4.78 is 0. The molecule has 1 amide bonds. The Bertz CT molecular complexity index is 376. The van der Waals surface area contributed by atoms with Crippen LogP contribution < -0.4 is 11.1 Å². The highest BCUT2D eigenvalue weighted by atomic mass is 35.5. The number of nitrogens with two attached hydrogens (primary N) is 1. The molecule has 1 atom stereocenters. The predicted octanol–water partition coefficient (Wildman–Crippen LogP) is 2.42. The van der Waals surface area contributed by atoms with Crippen molar-refractivity contribution < 1.29 is 4.79 Å². The van der Waals surface area contributed by atoms with Crippen LogP contribution in [0.15, 0.2) is 5.38 Å². The number of carbonyl (C=O) groups excluding carboxylic acids is 1. The van der Waals surface area contributed by atoms with Crippen molar-refractivity contribution in [2.24, 2.45) is 11.7 Å². The molecule has 1 aromatic heterocycles. The van der Waals surface area contributed by atoms with Crippen LogP contribution in [0, 0.1) is 12.8 Å². The maximum Gasteiger partial charge on any atom is 0.262 e. The van der Waals surface area contributed by atoms with E-state index in [0.717, 1.165) is 5.56 Å². The molecule has 1 aromatic rings. The van der Waals surface area contributed by atoms with Gasteiger partial charge in [-0.3, -0.25) is 4.79 Å². The summed E-state index contributed by atoms with van der Waals surface area (Å²) in [5, 5.41) is 5.21. The lowest BCUT2D eigenvalue weighted by atomic mass is 10.1. The van der Waals surface area contributed by atoms with E-state index < -0.39 is 0 Å². The predicted molar refractivity (Wildman–Crippen MR) is 69.2 cm³/mol. The van der Waals surface area contributed by atoms with Crippen molar-refractivity contribution in [3.8, 4) is 0 Å². The lowest BCUT2D eigenvalue weighted by Crippen LogP contribution is -2.40. The average Bonchev–Trinajstić information content (AvgIpc) is 2.55. The summed E-state index contributed by atoms with van der Waals surface area (Å²) in [6, 6.07) is -0.0243. The Morgan fingerprint density at radius 1 is 1.62 bits per heavy atom. The first-order chi connectivity index (χ1) is 7.43. The highest BCUT2D eigenvalue weighted by Gasteiger charge is 2.15. The van der Waals surface area contributed by atoms with E-state index in [1.165, 1.54) is 11.3 Å². The van der Waals surface area contributed by atoms with Crippen LogP contribution >= 0.6 is 22.9 Å². The Labute approximate surface area is 105 Å². The van der Waals surface area contributed by atoms with Gasteiger partial charge in [0.25, 0.3) is 5.91 Å². The first kappa shape index (κ1) is 13.5. The fourth-order valence-corrected chi connectivity index (χ4v) is 2.30. The maximum atomic E-state index is 11.8. The number of hydrogen-bond acceptors (Lipinski definition) is 3. The van der Waals surface area contributed by atoms with Crippen molar-refractivity contribution in [2.45, 2.75) is 26.8 Å². The molecule has 0 aliphatic rings. The topological polar surface area (TPSA) is 55.1 Å². The van der Waals surface area contributed by atoms with Crippen molar-refractivity contribution in [3.05, 3.63) is 20.8 Å². The number of thiophene rings is 1. The molecule has 0 saturated heterocycles. The molecule has 0 radical (unpaired) electrons. The number of carbonyl (C=O) groups is 1. The van der Waals surface area contributed by atoms with Gasteiger partial charge in [0, 0.05) is 12.6 Å².